The van der Waals surface area contributed by atoms with Crippen molar-refractivity contribution < 1.29 is 9.47 Å². The van der Waals surface area contributed by atoms with E-state index in [1.807, 2.05) is 19.2 Å². The van der Waals surface area contributed by atoms with E-state index in [0.29, 0.717) is 31.2 Å². The van der Waals surface area contributed by atoms with Crippen LogP contribution >= 0.6 is 0 Å². The van der Waals surface area contributed by atoms with E-state index in [4.69, 9.17) is 9.47 Å². The zero-order chi connectivity index (χ0) is 19.8. The second kappa shape index (κ2) is 10.4. The molecule has 0 bridgehead atoms. The highest BCUT2D eigenvalue weighted by molar-refractivity contribution is 5.80. The molecule has 2 atom stereocenters. The van der Waals surface area contributed by atoms with E-state index in [9.17, 15) is 0 Å². The van der Waals surface area contributed by atoms with Crippen molar-refractivity contribution in [3.05, 3.63) is 23.8 Å². The molecule has 1 aliphatic heterocycles. The van der Waals surface area contributed by atoms with Crippen LogP contribution in [-0.4, -0.2) is 56.8 Å². The summed E-state index contributed by atoms with van der Waals surface area (Å²) in [4.78, 5) is 6.90. The number of benzene rings is 1. The van der Waals surface area contributed by atoms with Crippen LogP contribution in [0, 0.1) is 5.92 Å². The topological polar surface area (TPSA) is 58.1 Å². The van der Waals surface area contributed by atoms with E-state index >= 15 is 0 Å². The van der Waals surface area contributed by atoms with Crippen LogP contribution < -0.4 is 20.1 Å². The van der Waals surface area contributed by atoms with Crippen LogP contribution in [0.25, 0.3) is 0 Å². The second-order valence-corrected chi connectivity index (χ2v) is 7.54. The number of hydrogen-bond acceptors (Lipinski definition) is 4. The highest BCUT2D eigenvalue weighted by Gasteiger charge is 2.31. The van der Waals surface area contributed by atoms with E-state index in [0.717, 1.165) is 42.5 Å². The number of likely N-dealkylation sites (tertiary alicyclic amines) is 1. The number of guanidine groups is 1. The fourth-order valence-corrected chi connectivity index (χ4v) is 3.32. The van der Waals surface area contributed by atoms with Crippen molar-refractivity contribution in [1.29, 1.82) is 0 Å². The Bertz CT molecular complexity index is 618. The van der Waals surface area contributed by atoms with Crippen molar-refractivity contribution in [1.82, 2.24) is 15.5 Å². The average Bonchev–Trinajstić information content (AvgIpc) is 3.04. The molecule has 0 saturated carbocycles. The summed E-state index contributed by atoms with van der Waals surface area (Å²) in [6, 6.07) is 7.05. The zero-order valence-corrected chi connectivity index (χ0v) is 17.7. The molecular weight excluding hydrogens is 340 g/mol. The van der Waals surface area contributed by atoms with Gasteiger partial charge in [-0.15, -0.1) is 0 Å². The minimum absolute atomic E-state index is 0.415. The van der Waals surface area contributed by atoms with Gasteiger partial charge in [0.1, 0.15) is 0 Å². The molecule has 0 spiro atoms. The Morgan fingerprint density at radius 1 is 1.30 bits per heavy atom. The molecule has 1 aromatic carbocycles. The number of hydrogen-bond donors (Lipinski definition) is 2. The quantitative estimate of drug-likeness (QED) is 0.540. The van der Waals surface area contributed by atoms with Gasteiger partial charge >= 0.3 is 0 Å². The number of nitrogens with zero attached hydrogens (tertiary/aromatic N) is 2. The van der Waals surface area contributed by atoms with Gasteiger partial charge in [-0.3, -0.25) is 9.89 Å². The molecule has 27 heavy (non-hydrogen) atoms. The Labute approximate surface area is 164 Å². The molecule has 0 radical (unpaired) electrons. The predicted octanol–water partition coefficient (Wildman–Crippen LogP) is 2.88. The SMILES string of the molecule is CCCOc1ccc(CNC(=NC)NC2CN(C(C)C)CC2C)cc1OC. The van der Waals surface area contributed by atoms with Gasteiger partial charge in [-0.25, -0.2) is 0 Å². The summed E-state index contributed by atoms with van der Waals surface area (Å²) >= 11 is 0. The molecule has 2 rings (SSSR count). The number of nitrogens with one attached hydrogen (secondary N) is 2. The Hall–Kier alpha value is -1.95. The molecule has 0 aliphatic carbocycles. The van der Waals surface area contributed by atoms with Crippen LogP contribution in [0.1, 0.15) is 39.7 Å². The number of rotatable bonds is 8. The lowest BCUT2D eigenvalue weighted by atomic mass is 10.1. The fourth-order valence-electron chi connectivity index (χ4n) is 3.32. The van der Waals surface area contributed by atoms with Gasteiger partial charge in [-0.05, 0) is 43.9 Å². The number of aliphatic imine (C=N–C) groups is 1. The number of ether oxygens (including phenoxy) is 2. The summed E-state index contributed by atoms with van der Waals surface area (Å²) in [6.45, 7) is 12.4. The molecule has 152 valence electrons. The molecule has 1 fully saturated rings. The summed E-state index contributed by atoms with van der Waals surface area (Å²) in [7, 11) is 3.49. The molecular formula is C21H36N4O2. The van der Waals surface area contributed by atoms with Gasteiger partial charge in [0, 0.05) is 38.8 Å². The first-order valence-corrected chi connectivity index (χ1v) is 9.99. The van der Waals surface area contributed by atoms with Gasteiger partial charge in [0.15, 0.2) is 17.5 Å². The third-order valence-electron chi connectivity index (χ3n) is 5.07. The first-order chi connectivity index (χ1) is 13.0. The Kier molecular flexibility index (Phi) is 8.23. The van der Waals surface area contributed by atoms with Crippen LogP contribution in [0.15, 0.2) is 23.2 Å². The molecule has 6 heteroatoms. The Morgan fingerprint density at radius 3 is 2.67 bits per heavy atom. The van der Waals surface area contributed by atoms with Crippen LogP contribution in [0.5, 0.6) is 11.5 Å². The molecule has 6 nitrogen and oxygen atoms in total. The maximum atomic E-state index is 5.72. The largest absolute Gasteiger partial charge is 0.493 e. The van der Waals surface area contributed by atoms with Gasteiger partial charge in [0.2, 0.25) is 0 Å². The summed E-state index contributed by atoms with van der Waals surface area (Å²) in [6.07, 6.45) is 0.974. The minimum Gasteiger partial charge on any atom is -0.493 e. The molecule has 0 amide bonds. The van der Waals surface area contributed by atoms with Crippen molar-refractivity contribution in [2.24, 2.45) is 10.9 Å². The first-order valence-electron chi connectivity index (χ1n) is 9.99. The van der Waals surface area contributed by atoms with E-state index in [-0.39, 0.29) is 0 Å². The lowest BCUT2D eigenvalue weighted by Gasteiger charge is -2.22. The maximum absolute atomic E-state index is 5.72. The van der Waals surface area contributed by atoms with Crippen molar-refractivity contribution in [3.8, 4) is 11.5 Å². The van der Waals surface area contributed by atoms with Crippen molar-refractivity contribution in [2.75, 3.05) is 33.9 Å². The van der Waals surface area contributed by atoms with Crippen molar-refractivity contribution in [2.45, 2.75) is 52.7 Å². The standard InChI is InChI=1S/C21H36N4O2/c1-7-10-27-19-9-8-17(11-20(19)26-6)12-23-21(22-5)24-18-14-25(15(2)3)13-16(18)4/h8-9,11,15-16,18H,7,10,12-14H2,1-6H3,(H2,22,23,24). The zero-order valence-electron chi connectivity index (χ0n) is 17.7. The second-order valence-electron chi connectivity index (χ2n) is 7.54. The van der Waals surface area contributed by atoms with Gasteiger partial charge in [0.25, 0.3) is 0 Å². The third kappa shape index (κ3) is 6.03. The smallest absolute Gasteiger partial charge is 0.191 e. The molecule has 2 unspecified atom stereocenters. The molecule has 1 heterocycles. The van der Waals surface area contributed by atoms with E-state index < -0.39 is 0 Å². The number of methoxy groups -OCH3 is 1. The van der Waals surface area contributed by atoms with Crippen LogP contribution in [-0.2, 0) is 6.54 Å². The molecule has 1 aliphatic rings. The summed E-state index contributed by atoms with van der Waals surface area (Å²) in [5.74, 6) is 2.99. The van der Waals surface area contributed by atoms with Crippen molar-refractivity contribution in [3.63, 3.8) is 0 Å². The molecule has 2 N–H and O–H groups in total. The Balaban J connectivity index is 1.92. The molecule has 0 aromatic heterocycles. The van der Waals surface area contributed by atoms with Crippen LogP contribution in [0.2, 0.25) is 0 Å². The Morgan fingerprint density at radius 2 is 2.07 bits per heavy atom. The lowest BCUT2D eigenvalue weighted by molar-refractivity contribution is 0.265. The predicted molar refractivity (Wildman–Crippen MR) is 112 cm³/mol. The monoisotopic (exact) mass is 376 g/mol. The van der Waals surface area contributed by atoms with Crippen LogP contribution in [0.3, 0.4) is 0 Å². The highest BCUT2D eigenvalue weighted by atomic mass is 16.5. The fraction of sp³-hybridized carbons (Fsp3) is 0.667. The molecule has 1 aromatic rings. The third-order valence-corrected chi connectivity index (χ3v) is 5.07. The lowest BCUT2D eigenvalue weighted by Crippen LogP contribution is -2.46. The van der Waals surface area contributed by atoms with Gasteiger partial charge < -0.3 is 20.1 Å². The first kappa shape index (κ1) is 21.4. The average molecular weight is 377 g/mol. The van der Waals surface area contributed by atoms with Gasteiger partial charge in [-0.2, -0.15) is 0 Å². The van der Waals surface area contributed by atoms with E-state index in [2.05, 4.69) is 54.3 Å². The molecule has 1 saturated heterocycles. The normalized spacial score (nSPS) is 20.8. The summed E-state index contributed by atoms with van der Waals surface area (Å²) in [5, 5.41) is 6.99. The van der Waals surface area contributed by atoms with E-state index in [1.54, 1.807) is 7.11 Å². The van der Waals surface area contributed by atoms with Gasteiger partial charge in [0.05, 0.1) is 13.7 Å². The van der Waals surface area contributed by atoms with E-state index in [1.165, 1.54) is 0 Å². The maximum Gasteiger partial charge on any atom is 0.191 e. The highest BCUT2D eigenvalue weighted by Crippen LogP contribution is 2.28. The summed E-state index contributed by atoms with van der Waals surface area (Å²) in [5.41, 5.74) is 1.13. The van der Waals surface area contributed by atoms with Gasteiger partial charge in [-0.1, -0.05) is 19.9 Å². The summed E-state index contributed by atoms with van der Waals surface area (Å²) < 4.78 is 11.2. The minimum atomic E-state index is 0.415. The van der Waals surface area contributed by atoms with Crippen molar-refractivity contribution >= 4 is 5.96 Å². The van der Waals surface area contributed by atoms with Crippen LogP contribution in [0.4, 0.5) is 0 Å².